The largest absolute Gasteiger partial charge is 0.468 e. The van der Waals surface area contributed by atoms with Crippen LogP contribution in [0, 0.1) is 27.7 Å². The van der Waals surface area contributed by atoms with Crippen LogP contribution in [0.2, 0.25) is 0 Å². The molecule has 272 valence electrons. The summed E-state index contributed by atoms with van der Waals surface area (Å²) in [5.74, 6) is 3.08. The molecule has 8 heteroatoms. The zero-order chi connectivity index (χ0) is 37.6. The van der Waals surface area contributed by atoms with Gasteiger partial charge in [0.2, 0.25) is 13.6 Å². The number of aryl methyl sites for hydroxylation is 3. The lowest BCUT2D eigenvalue weighted by atomic mass is 9.35. The van der Waals surface area contributed by atoms with Crippen LogP contribution in [0.5, 0.6) is 23.0 Å². The minimum absolute atomic E-state index is 0.0161. The lowest BCUT2D eigenvalue weighted by Crippen LogP contribution is -2.61. The number of ether oxygens (including phenoxy) is 4. The maximum absolute atomic E-state index is 7.16. The van der Waals surface area contributed by atoms with E-state index in [-0.39, 0.29) is 31.1 Å². The van der Waals surface area contributed by atoms with Crippen LogP contribution in [-0.4, -0.2) is 20.3 Å². The second-order valence-electron chi connectivity index (χ2n) is 17.5. The molecule has 10 rings (SSSR count). The molecule has 0 saturated heterocycles. The molecule has 4 aliphatic heterocycles. The number of rotatable bonds is 2. The Kier molecular flexibility index (Phi) is 6.76. The van der Waals surface area contributed by atoms with Crippen molar-refractivity contribution in [2.75, 3.05) is 23.4 Å². The van der Waals surface area contributed by atoms with Crippen LogP contribution in [0.4, 0.5) is 34.1 Å². The van der Waals surface area contributed by atoms with E-state index in [1.807, 2.05) is 0 Å². The molecule has 0 aliphatic carbocycles. The van der Waals surface area contributed by atoms with Gasteiger partial charge in [-0.25, -0.2) is 0 Å². The molecule has 4 aliphatic rings. The Morgan fingerprint density at radius 2 is 1.20 bits per heavy atom. The third-order valence-corrected chi connectivity index (χ3v) is 11.8. The minimum atomic E-state index is -0.210. The van der Waals surface area contributed by atoms with Gasteiger partial charge in [-0.2, -0.15) is 0 Å². The highest BCUT2D eigenvalue weighted by molar-refractivity contribution is 7.00. The summed E-state index contributed by atoms with van der Waals surface area (Å²) in [6.45, 7) is 22.6. The maximum Gasteiger partial charge on any atom is 0.297 e. The van der Waals surface area contributed by atoms with Crippen molar-refractivity contribution < 1.29 is 23.4 Å². The van der Waals surface area contributed by atoms with Gasteiger partial charge in [0.15, 0.2) is 23.0 Å². The molecule has 0 bridgehead atoms. The topological polar surface area (TPSA) is 56.5 Å². The lowest BCUT2D eigenvalue weighted by Gasteiger charge is -2.43. The molecular weight excluding hydrogens is 671 g/mol. The van der Waals surface area contributed by atoms with E-state index in [0.717, 1.165) is 84.7 Å². The molecule has 0 saturated carbocycles. The van der Waals surface area contributed by atoms with Gasteiger partial charge < -0.3 is 33.2 Å². The van der Waals surface area contributed by atoms with Crippen LogP contribution < -0.4 is 45.3 Å². The summed E-state index contributed by atoms with van der Waals surface area (Å²) in [6, 6.07) is 24.6. The average Bonchev–Trinajstić information content (AvgIpc) is 3.86. The van der Waals surface area contributed by atoms with Gasteiger partial charge in [-0.15, -0.1) is 0 Å². The molecule has 5 heterocycles. The summed E-state index contributed by atoms with van der Waals surface area (Å²) >= 11 is 0. The molecule has 0 radical (unpaired) electrons. The highest BCUT2D eigenvalue weighted by Crippen LogP contribution is 2.53. The van der Waals surface area contributed by atoms with E-state index in [9.17, 15) is 0 Å². The molecule has 0 atom stereocenters. The molecule has 0 unspecified atom stereocenters. The molecule has 1 aromatic heterocycles. The molecule has 7 nitrogen and oxygen atoms in total. The van der Waals surface area contributed by atoms with Crippen molar-refractivity contribution in [3.05, 3.63) is 100 Å². The second-order valence-corrected chi connectivity index (χ2v) is 17.5. The summed E-state index contributed by atoms with van der Waals surface area (Å²) in [7, 11) is 0. The van der Waals surface area contributed by atoms with Gasteiger partial charge in [0, 0.05) is 34.1 Å². The van der Waals surface area contributed by atoms with E-state index in [4.69, 9.17) is 23.4 Å². The molecule has 5 aromatic carbocycles. The lowest BCUT2D eigenvalue weighted by molar-refractivity contribution is 0.173. The third kappa shape index (κ3) is 4.55. The molecular formula is C46H45BN2O5. The highest BCUT2D eigenvalue weighted by Gasteiger charge is 2.48. The Balaban J connectivity index is 1.33. The van der Waals surface area contributed by atoms with Crippen LogP contribution in [0.3, 0.4) is 0 Å². The molecule has 0 spiro atoms. The summed E-state index contributed by atoms with van der Waals surface area (Å²) < 4.78 is 31.4. The Morgan fingerprint density at radius 3 is 1.91 bits per heavy atom. The average molecular weight is 717 g/mol. The van der Waals surface area contributed by atoms with Gasteiger partial charge in [0.05, 0.1) is 22.7 Å². The Bertz CT molecular complexity index is 2590. The third-order valence-electron chi connectivity index (χ3n) is 11.8. The van der Waals surface area contributed by atoms with Gasteiger partial charge in [0.1, 0.15) is 5.58 Å². The fraction of sp³-hybridized carbons (Fsp3) is 0.304. The first-order valence-corrected chi connectivity index (χ1v) is 19.0. The van der Waals surface area contributed by atoms with Crippen LogP contribution in [0.25, 0.3) is 11.0 Å². The number of benzene rings is 5. The number of fused-ring (bicyclic) bond motifs is 8. The van der Waals surface area contributed by atoms with Crippen molar-refractivity contribution >= 4 is 68.4 Å². The Hall–Kier alpha value is -5.50. The van der Waals surface area contributed by atoms with Crippen LogP contribution in [0.15, 0.2) is 71.1 Å². The zero-order valence-corrected chi connectivity index (χ0v) is 32.8. The van der Waals surface area contributed by atoms with Crippen LogP contribution in [-0.2, 0) is 10.8 Å². The zero-order valence-electron chi connectivity index (χ0n) is 32.8. The summed E-state index contributed by atoms with van der Waals surface area (Å²) in [5, 5.41) is 1.08. The van der Waals surface area contributed by atoms with E-state index in [1.54, 1.807) is 0 Å². The number of furan rings is 1. The fourth-order valence-electron chi connectivity index (χ4n) is 9.19. The number of anilines is 6. The van der Waals surface area contributed by atoms with E-state index >= 15 is 0 Å². The minimum Gasteiger partial charge on any atom is -0.468 e. The van der Waals surface area contributed by atoms with E-state index < -0.39 is 0 Å². The number of hydrogen-bond donors (Lipinski definition) is 0. The first kappa shape index (κ1) is 33.1. The van der Waals surface area contributed by atoms with Crippen molar-refractivity contribution in [3.63, 3.8) is 0 Å². The predicted molar refractivity (Wildman–Crippen MR) is 219 cm³/mol. The first-order chi connectivity index (χ1) is 25.7. The quantitative estimate of drug-likeness (QED) is 0.165. The second kappa shape index (κ2) is 11.0. The normalized spacial score (nSPS) is 15.2. The van der Waals surface area contributed by atoms with Gasteiger partial charge in [-0.05, 0) is 114 Å². The summed E-state index contributed by atoms with van der Waals surface area (Å²) in [5.41, 5.74) is 17.7. The molecule has 0 amide bonds. The smallest absolute Gasteiger partial charge is 0.297 e. The van der Waals surface area contributed by atoms with Gasteiger partial charge >= 0.3 is 0 Å². The standard InChI is InChI=1S/C46H45BN2O5/c1-24-16-29(46(8,9)10)17-25(2)40(24)48-32-12-11-13-33-39(32)47(31-20-36-37(21-34(31)48)51-22-50-36)44-42(30-19-28(45(5,6)7)14-15-35(30)54-44)49(33)41-26(3)18-38-43(27(41)4)53-23-52-38/h11-21H,22-23H2,1-10H3. The van der Waals surface area contributed by atoms with Crippen LogP contribution in [0.1, 0.15) is 74.9 Å². The van der Waals surface area contributed by atoms with Gasteiger partial charge in [-0.1, -0.05) is 65.8 Å². The maximum atomic E-state index is 7.16. The summed E-state index contributed by atoms with van der Waals surface area (Å²) in [4.78, 5) is 4.89. The van der Waals surface area contributed by atoms with Crippen molar-refractivity contribution in [1.82, 2.24) is 0 Å². The number of hydrogen-bond acceptors (Lipinski definition) is 7. The van der Waals surface area contributed by atoms with E-state index in [0.29, 0.717) is 0 Å². The predicted octanol–water partition coefficient (Wildman–Crippen LogP) is 9.80. The fourth-order valence-corrected chi connectivity index (χ4v) is 9.19. The highest BCUT2D eigenvalue weighted by atomic mass is 16.7. The summed E-state index contributed by atoms with van der Waals surface area (Å²) in [6.07, 6.45) is 0. The van der Waals surface area contributed by atoms with Crippen molar-refractivity contribution in [2.24, 2.45) is 0 Å². The Labute approximate surface area is 317 Å². The first-order valence-electron chi connectivity index (χ1n) is 19.0. The monoisotopic (exact) mass is 716 g/mol. The SMILES string of the molecule is Cc1cc(C(C)(C)C)cc(C)c1N1c2cc3c(cc2B2c4oc5ccc(C(C)(C)C)cc5c4N(c4c(C)cc5c(c4C)OCO5)c4cccc1c42)OCO3. The molecule has 0 fully saturated rings. The van der Waals surface area contributed by atoms with Crippen LogP contribution >= 0.6 is 0 Å². The van der Waals surface area contributed by atoms with E-state index in [2.05, 4.69) is 146 Å². The van der Waals surface area contributed by atoms with Crippen molar-refractivity contribution in [2.45, 2.75) is 80.1 Å². The number of nitrogens with zero attached hydrogens (tertiary/aromatic N) is 2. The van der Waals surface area contributed by atoms with Gasteiger partial charge in [-0.3, -0.25) is 0 Å². The molecule has 6 aromatic rings. The van der Waals surface area contributed by atoms with Gasteiger partial charge in [0.25, 0.3) is 6.71 Å². The van der Waals surface area contributed by atoms with E-state index in [1.165, 1.54) is 33.4 Å². The van der Waals surface area contributed by atoms with Crippen molar-refractivity contribution in [3.8, 4) is 23.0 Å². The Morgan fingerprint density at radius 1 is 0.574 bits per heavy atom. The molecule has 54 heavy (non-hydrogen) atoms. The molecule has 0 N–H and O–H groups in total. The van der Waals surface area contributed by atoms with Crippen molar-refractivity contribution in [1.29, 1.82) is 0 Å².